The predicted molar refractivity (Wildman–Crippen MR) is 160 cm³/mol. The highest BCUT2D eigenvalue weighted by Crippen LogP contribution is 2.41. The van der Waals surface area contributed by atoms with E-state index in [0.29, 0.717) is 18.1 Å². The lowest BCUT2D eigenvalue weighted by Gasteiger charge is -2.28. The Hall–Kier alpha value is -3.49. The summed E-state index contributed by atoms with van der Waals surface area (Å²) in [4.78, 5) is 19.7. The van der Waals surface area contributed by atoms with Crippen molar-refractivity contribution in [3.05, 3.63) is 112 Å². The standard InChI is InChI=1S/C30H30BrN5OS/c1-19-10-12-23(13-11-19)33-27(37)14-16-35-29(28(34-30(35)38)26-9-4-5-15-32-26)25-17-20(2)36(21(25)3)24-8-6-7-22(31)18-24/h4-13,15,17-18,28-29H,14,16H2,1-3H3,(H,33,37)(H,34,38)/t28-,29-/m0/s1. The number of thiocarbonyl (C=S) groups is 1. The van der Waals surface area contributed by atoms with E-state index in [1.54, 1.807) is 6.20 Å². The van der Waals surface area contributed by atoms with Gasteiger partial charge in [0.05, 0.1) is 17.8 Å². The number of benzene rings is 2. The van der Waals surface area contributed by atoms with Gasteiger partial charge < -0.3 is 20.1 Å². The van der Waals surface area contributed by atoms with Crippen LogP contribution in [-0.4, -0.2) is 32.0 Å². The van der Waals surface area contributed by atoms with Gasteiger partial charge in [-0.1, -0.05) is 45.8 Å². The largest absolute Gasteiger partial charge is 0.352 e. The minimum atomic E-state index is -0.139. The highest BCUT2D eigenvalue weighted by Gasteiger charge is 2.41. The molecule has 1 aliphatic rings. The highest BCUT2D eigenvalue weighted by molar-refractivity contribution is 9.10. The first-order chi connectivity index (χ1) is 18.3. The lowest BCUT2D eigenvalue weighted by atomic mass is 9.96. The van der Waals surface area contributed by atoms with E-state index >= 15 is 0 Å². The fourth-order valence-electron chi connectivity index (χ4n) is 5.17. The van der Waals surface area contributed by atoms with E-state index in [1.807, 2.05) is 61.5 Å². The lowest BCUT2D eigenvalue weighted by molar-refractivity contribution is -0.116. The number of rotatable bonds is 7. The molecule has 0 spiro atoms. The molecular formula is C30H30BrN5OS. The van der Waals surface area contributed by atoms with Crippen molar-refractivity contribution in [1.29, 1.82) is 0 Å². The van der Waals surface area contributed by atoms with Crippen LogP contribution in [-0.2, 0) is 4.79 Å². The molecule has 3 heterocycles. The molecule has 0 bridgehead atoms. The maximum absolute atomic E-state index is 12.9. The Morgan fingerprint density at radius 3 is 2.55 bits per heavy atom. The third-order valence-corrected chi connectivity index (χ3v) is 7.81. The number of pyridine rings is 1. The van der Waals surface area contributed by atoms with Gasteiger partial charge in [-0.25, -0.2) is 0 Å². The Kier molecular flexibility index (Phi) is 7.63. The topological polar surface area (TPSA) is 62.2 Å². The number of hydrogen-bond donors (Lipinski definition) is 2. The highest BCUT2D eigenvalue weighted by atomic mass is 79.9. The fourth-order valence-corrected chi connectivity index (χ4v) is 5.89. The van der Waals surface area contributed by atoms with Crippen molar-refractivity contribution in [1.82, 2.24) is 19.8 Å². The van der Waals surface area contributed by atoms with Crippen LogP contribution in [0.1, 0.15) is 46.7 Å². The van der Waals surface area contributed by atoms with E-state index < -0.39 is 0 Å². The van der Waals surface area contributed by atoms with Crippen molar-refractivity contribution >= 4 is 44.9 Å². The molecule has 1 aliphatic heterocycles. The van der Waals surface area contributed by atoms with Gasteiger partial charge in [0.1, 0.15) is 0 Å². The second kappa shape index (κ2) is 11.1. The molecule has 0 saturated carbocycles. The zero-order chi connectivity index (χ0) is 26.8. The van der Waals surface area contributed by atoms with E-state index in [2.05, 4.69) is 73.1 Å². The third kappa shape index (κ3) is 5.37. The second-order valence-corrected chi connectivity index (χ2v) is 10.9. The first-order valence-electron chi connectivity index (χ1n) is 12.6. The number of anilines is 1. The summed E-state index contributed by atoms with van der Waals surface area (Å²) >= 11 is 9.43. The molecule has 2 N–H and O–H groups in total. The van der Waals surface area contributed by atoms with Crippen LogP contribution in [0.25, 0.3) is 5.69 Å². The molecule has 0 radical (unpaired) electrons. The van der Waals surface area contributed by atoms with Gasteiger partial charge in [0.25, 0.3) is 0 Å². The maximum Gasteiger partial charge on any atom is 0.226 e. The van der Waals surface area contributed by atoms with Crippen LogP contribution in [0.15, 0.2) is 83.5 Å². The van der Waals surface area contributed by atoms with E-state index in [4.69, 9.17) is 12.2 Å². The summed E-state index contributed by atoms with van der Waals surface area (Å²) in [7, 11) is 0. The SMILES string of the molecule is Cc1ccc(NC(=O)CCN2C(=S)N[C@@H](c3ccccn3)[C@@H]2c2cc(C)n(-c3cccc(Br)c3)c2C)cc1. The molecule has 5 rings (SSSR count). The Morgan fingerprint density at radius 1 is 1.05 bits per heavy atom. The number of carbonyl (C=O) groups is 1. The number of carbonyl (C=O) groups excluding carboxylic acids is 1. The number of hydrogen-bond acceptors (Lipinski definition) is 3. The summed E-state index contributed by atoms with van der Waals surface area (Å²) in [6.45, 7) is 6.77. The zero-order valence-electron chi connectivity index (χ0n) is 21.6. The minimum Gasteiger partial charge on any atom is -0.352 e. The zero-order valence-corrected chi connectivity index (χ0v) is 24.0. The van der Waals surface area contributed by atoms with Gasteiger partial charge in [-0.2, -0.15) is 0 Å². The first kappa shape index (κ1) is 26.1. The second-order valence-electron chi connectivity index (χ2n) is 9.63. The first-order valence-corrected chi connectivity index (χ1v) is 13.8. The molecule has 2 atom stereocenters. The Labute approximate surface area is 237 Å². The predicted octanol–water partition coefficient (Wildman–Crippen LogP) is 6.56. The molecule has 4 aromatic rings. The van der Waals surface area contributed by atoms with Gasteiger partial charge in [-0.3, -0.25) is 9.78 Å². The average Bonchev–Trinajstić information content (AvgIpc) is 3.39. The normalized spacial score (nSPS) is 16.9. The summed E-state index contributed by atoms with van der Waals surface area (Å²) in [5, 5.41) is 7.13. The molecule has 6 nitrogen and oxygen atoms in total. The van der Waals surface area contributed by atoms with Crippen LogP contribution >= 0.6 is 28.1 Å². The lowest BCUT2D eigenvalue weighted by Crippen LogP contribution is -2.32. The van der Waals surface area contributed by atoms with E-state index in [1.165, 1.54) is 0 Å². The summed E-state index contributed by atoms with van der Waals surface area (Å²) in [5.41, 5.74) is 7.37. The average molecular weight is 589 g/mol. The Morgan fingerprint density at radius 2 is 1.84 bits per heavy atom. The van der Waals surface area contributed by atoms with Crippen molar-refractivity contribution in [2.75, 3.05) is 11.9 Å². The molecule has 1 fully saturated rings. The van der Waals surface area contributed by atoms with Crippen LogP contribution in [0.5, 0.6) is 0 Å². The Balaban J connectivity index is 1.46. The third-order valence-electron chi connectivity index (χ3n) is 6.97. The number of aromatic nitrogens is 2. The van der Waals surface area contributed by atoms with Gasteiger partial charge in [-0.05, 0) is 87.1 Å². The molecule has 0 unspecified atom stereocenters. The molecule has 2 aromatic heterocycles. The van der Waals surface area contributed by atoms with E-state index in [-0.39, 0.29) is 18.0 Å². The monoisotopic (exact) mass is 587 g/mol. The number of aryl methyl sites for hydroxylation is 2. The molecule has 0 aliphatic carbocycles. The van der Waals surface area contributed by atoms with Crippen LogP contribution in [0.3, 0.4) is 0 Å². The summed E-state index contributed by atoms with van der Waals surface area (Å²) in [5.74, 6) is -0.0451. The van der Waals surface area contributed by atoms with Crippen molar-refractivity contribution < 1.29 is 4.79 Å². The number of halogens is 1. The Bertz CT molecular complexity index is 1470. The van der Waals surface area contributed by atoms with Crippen molar-refractivity contribution in [2.45, 2.75) is 39.3 Å². The molecule has 38 heavy (non-hydrogen) atoms. The molecule has 1 amide bonds. The quantitative estimate of drug-likeness (QED) is 0.240. The molecule has 8 heteroatoms. The van der Waals surface area contributed by atoms with Crippen LogP contribution < -0.4 is 10.6 Å². The van der Waals surface area contributed by atoms with Crippen molar-refractivity contribution in [3.63, 3.8) is 0 Å². The van der Waals surface area contributed by atoms with Gasteiger partial charge in [0.15, 0.2) is 5.11 Å². The van der Waals surface area contributed by atoms with Crippen LogP contribution in [0, 0.1) is 20.8 Å². The van der Waals surface area contributed by atoms with Gasteiger partial charge in [-0.15, -0.1) is 0 Å². The maximum atomic E-state index is 12.9. The number of amides is 1. The van der Waals surface area contributed by atoms with Gasteiger partial charge >= 0.3 is 0 Å². The molecule has 194 valence electrons. The van der Waals surface area contributed by atoms with Crippen LogP contribution in [0.2, 0.25) is 0 Å². The smallest absolute Gasteiger partial charge is 0.226 e. The van der Waals surface area contributed by atoms with Gasteiger partial charge in [0.2, 0.25) is 5.91 Å². The molecule has 2 aromatic carbocycles. The summed E-state index contributed by atoms with van der Waals surface area (Å²) < 4.78 is 3.29. The van der Waals surface area contributed by atoms with E-state index in [9.17, 15) is 4.79 Å². The van der Waals surface area contributed by atoms with Gasteiger partial charge in [0, 0.05) is 46.4 Å². The van der Waals surface area contributed by atoms with Crippen molar-refractivity contribution in [2.24, 2.45) is 0 Å². The fraction of sp³-hybridized carbons (Fsp3) is 0.233. The number of nitrogens with zero attached hydrogens (tertiary/aromatic N) is 3. The summed E-state index contributed by atoms with van der Waals surface area (Å²) in [6.07, 6.45) is 2.12. The van der Waals surface area contributed by atoms with Crippen molar-refractivity contribution in [3.8, 4) is 5.69 Å². The molecule has 1 saturated heterocycles. The minimum absolute atomic E-state index is 0.0451. The molecular weight excluding hydrogens is 558 g/mol. The van der Waals surface area contributed by atoms with E-state index in [0.717, 1.165) is 44.1 Å². The van der Waals surface area contributed by atoms with Crippen LogP contribution in [0.4, 0.5) is 5.69 Å². The summed E-state index contributed by atoms with van der Waals surface area (Å²) in [6, 6.07) is 24.0. The number of nitrogens with one attached hydrogen (secondary N) is 2.